The Morgan fingerprint density at radius 1 is 1.35 bits per heavy atom. The number of rotatable bonds is 5. The number of aldehydes is 1. The second kappa shape index (κ2) is 5.29. The van der Waals surface area contributed by atoms with Gasteiger partial charge in [0.05, 0.1) is 29.8 Å². The van der Waals surface area contributed by atoms with Gasteiger partial charge < -0.3 is 9.47 Å². The van der Waals surface area contributed by atoms with Gasteiger partial charge in [0.15, 0.2) is 17.8 Å². The van der Waals surface area contributed by atoms with E-state index in [1.165, 1.54) is 19.2 Å². The van der Waals surface area contributed by atoms with Gasteiger partial charge in [-0.25, -0.2) is 0 Å². The number of methoxy groups -OCH3 is 1. The lowest BCUT2D eigenvalue weighted by molar-refractivity contribution is -0.385. The predicted octanol–water partition coefficient (Wildman–Crippen LogP) is 2.20. The zero-order valence-electron chi connectivity index (χ0n) is 9.80. The molecule has 1 aromatic rings. The molecule has 0 radical (unpaired) electrons. The molecule has 0 saturated heterocycles. The average molecular weight is 239 g/mol. The van der Waals surface area contributed by atoms with Gasteiger partial charge in [0.25, 0.3) is 5.69 Å². The summed E-state index contributed by atoms with van der Waals surface area (Å²) in [5.74, 6) is 0.547. The second-order valence-corrected chi connectivity index (χ2v) is 3.60. The average Bonchev–Trinajstić information content (AvgIpc) is 2.27. The Morgan fingerprint density at radius 3 is 2.41 bits per heavy atom. The first kappa shape index (κ1) is 13.0. The smallest absolute Gasteiger partial charge is 0.283 e. The van der Waals surface area contributed by atoms with Crippen LogP contribution in [0.1, 0.15) is 24.2 Å². The Balaban J connectivity index is 3.32. The van der Waals surface area contributed by atoms with E-state index in [0.29, 0.717) is 12.0 Å². The molecule has 0 fully saturated rings. The molecule has 0 atom stereocenters. The Morgan fingerprint density at radius 2 is 2.00 bits per heavy atom. The van der Waals surface area contributed by atoms with Gasteiger partial charge in [0, 0.05) is 6.07 Å². The quantitative estimate of drug-likeness (QED) is 0.447. The normalized spacial score (nSPS) is 10.1. The van der Waals surface area contributed by atoms with Gasteiger partial charge in [-0.05, 0) is 13.8 Å². The molecular formula is C11H13NO5. The summed E-state index contributed by atoms with van der Waals surface area (Å²) >= 11 is 0. The minimum atomic E-state index is -0.634. The fourth-order valence-electron chi connectivity index (χ4n) is 1.32. The third kappa shape index (κ3) is 2.93. The molecule has 0 aromatic heterocycles. The zero-order chi connectivity index (χ0) is 13.0. The summed E-state index contributed by atoms with van der Waals surface area (Å²) in [5.41, 5.74) is -0.334. The standard InChI is InChI=1S/C11H13NO5/c1-7(2)17-11-4-8(6-13)9(12(14)15)5-10(11)16-3/h4-7H,1-3H3. The van der Waals surface area contributed by atoms with Crippen molar-refractivity contribution in [3.05, 3.63) is 27.8 Å². The van der Waals surface area contributed by atoms with Gasteiger partial charge in [-0.15, -0.1) is 0 Å². The van der Waals surface area contributed by atoms with Gasteiger partial charge in [-0.2, -0.15) is 0 Å². The minimum Gasteiger partial charge on any atom is -0.493 e. The van der Waals surface area contributed by atoms with Crippen LogP contribution >= 0.6 is 0 Å². The van der Waals surface area contributed by atoms with Gasteiger partial charge in [-0.1, -0.05) is 0 Å². The number of carbonyl (C=O) groups is 1. The zero-order valence-corrected chi connectivity index (χ0v) is 9.80. The van der Waals surface area contributed by atoms with Crippen LogP contribution in [0.25, 0.3) is 0 Å². The van der Waals surface area contributed by atoms with E-state index in [1.54, 1.807) is 13.8 Å². The highest BCUT2D eigenvalue weighted by Gasteiger charge is 2.19. The molecule has 0 spiro atoms. The second-order valence-electron chi connectivity index (χ2n) is 3.60. The molecule has 17 heavy (non-hydrogen) atoms. The monoisotopic (exact) mass is 239 g/mol. The van der Waals surface area contributed by atoms with E-state index >= 15 is 0 Å². The fraction of sp³-hybridized carbons (Fsp3) is 0.364. The Labute approximate surface area is 98.3 Å². The maximum Gasteiger partial charge on any atom is 0.283 e. The van der Waals surface area contributed by atoms with Crippen molar-refractivity contribution in [2.75, 3.05) is 7.11 Å². The van der Waals surface area contributed by atoms with E-state index in [-0.39, 0.29) is 23.1 Å². The SMILES string of the molecule is COc1cc([N+](=O)[O-])c(C=O)cc1OC(C)C. The fourth-order valence-corrected chi connectivity index (χ4v) is 1.32. The molecule has 0 aliphatic carbocycles. The summed E-state index contributed by atoms with van der Waals surface area (Å²) in [4.78, 5) is 20.9. The molecule has 92 valence electrons. The van der Waals surface area contributed by atoms with E-state index in [1.807, 2.05) is 0 Å². The number of hydrogen-bond donors (Lipinski definition) is 0. The molecule has 0 aliphatic heterocycles. The van der Waals surface area contributed by atoms with Crippen LogP contribution in [0.3, 0.4) is 0 Å². The highest BCUT2D eigenvalue weighted by atomic mass is 16.6. The van der Waals surface area contributed by atoms with E-state index in [9.17, 15) is 14.9 Å². The van der Waals surface area contributed by atoms with Gasteiger partial charge in [0.2, 0.25) is 0 Å². The van der Waals surface area contributed by atoms with Crippen molar-refractivity contribution in [1.29, 1.82) is 0 Å². The Bertz CT molecular complexity index is 442. The van der Waals surface area contributed by atoms with Crippen LogP contribution in [-0.4, -0.2) is 24.4 Å². The molecular weight excluding hydrogens is 226 g/mol. The molecule has 1 aromatic carbocycles. The molecule has 0 N–H and O–H groups in total. The summed E-state index contributed by atoms with van der Waals surface area (Å²) in [5, 5.41) is 10.7. The van der Waals surface area contributed by atoms with Crippen LogP contribution in [0.4, 0.5) is 5.69 Å². The Hall–Kier alpha value is -2.11. The molecule has 1 rings (SSSR count). The number of nitrogens with zero attached hydrogens (tertiary/aromatic N) is 1. The summed E-state index contributed by atoms with van der Waals surface area (Å²) < 4.78 is 10.4. The van der Waals surface area contributed by atoms with Crippen LogP contribution in [-0.2, 0) is 0 Å². The first-order valence-corrected chi connectivity index (χ1v) is 4.97. The summed E-state index contributed by atoms with van der Waals surface area (Å²) in [6.07, 6.45) is 0.301. The van der Waals surface area contributed by atoms with Gasteiger partial charge in [-0.3, -0.25) is 14.9 Å². The van der Waals surface area contributed by atoms with E-state index in [2.05, 4.69) is 0 Å². The molecule has 0 unspecified atom stereocenters. The van der Waals surface area contributed by atoms with Crippen LogP contribution in [0.2, 0.25) is 0 Å². The van der Waals surface area contributed by atoms with Gasteiger partial charge >= 0.3 is 0 Å². The van der Waals surface area contributed by atoms with Crippen molar-refractivity contribution in [1.82, 2.24) is 0 Å². The lowest BCUT2D eigenvalue weighted by Gasteiger charge is -2.13. The molecule has 0 heterocycles. The van der Waals surface area contributed by atoms with Crippen LogP contribution < -0.4 is 9.47 Å². The molecule has 0 bridgehead atoms. The number of carbonyl (C=O) groups excluding carboxylic acids is 1. The van der Waals surface area contributed by atoms with Gasteiger partial charge in [0.1, 0.15) is 0 Å². The maximum atomic E-state index is 10.8. The van der Waals surface area contributed by atoms with Crippen molar-refractivity contribution >= 4 is 12.0 Å². The summed E-state index contributed by atoms with van der Waals surface area (Å²) in [6.45, 7) is 3.61. The number of benzene rings is 1. The molecule has 6 heteroatoms. The van der Waals surface area contributed by atoms with Crippen molar-refractivity contribution in [3.63, 3.8) is 0 Å². The Kier molecular flexibility index (Phi) is 4.03. The first-order chi connectivity index (χ1) is 7.99. The van der Waals surface area contributed by atoms with Crippen molar-refractivity contribution in [2.24, 2.45) is 0 Å². The number of ether oxygens (including phenoxy) is 2. The lowest BCUT2D eigenvalue weighted by atomic mass is 10.1. The van der Waals surface area contributed by atoms with E-state index in [4.69, 9.17) is 9.47 Å². The van der Waals surface area contributed by atoms with Crippen molar-refractivity contribution in [2.45, 2.75) is 20.0 Å². The first-order valence-electron chi connectivity index (χ1n) is 4.97. The maximum absolute atomic E-state index is 10.8. The molecule has 0 aliphatic rings. The predicted molar refractivity (Wildman–Crippen MR) is 60.8 cm³/mol. The highest BCUT2D eigenvalue weighted by molar-refractivity contribution is 5.83. The lowest BCUT2D eigenvalue weighted by Crippen LogP contribution is -2.08. The van der Waals surface area contributed by atoms with Crippen LogP contribution in [0, 0.1) is 10.1 Å². The third-order valence-electron chi connectivity index (χ3n) is 2.00. The summed E-state index contributed by atoms with van der Waals surface area (Å²) in [7, 11) is 1.38. The number of hydrogen-bond acceptors (Lipinski definition) is 5. The summed E-state index contributed by atoms with van der Waals surface area (Å²) in [6, 6.07) is 2.49. The molecule has 6 nitrogen and oxygen atoms in total. The number of nitro groups is 1. The number of nitro benzene ring substituents is 1. The van der Waals surface area contributed by atoms with Crippen LogP contribution in [0.15, 0.2) is 12.1 Å². The highest BCUT2D eigenvalue weighted by Crippen LogP contribution is 2.34. The molecule has 0 amide bonds. The third-order valence-corrected chi connectivity index (χ3v) is 2.00. The van der Waals surface area contributed by atoms with Crippen molar-refractivity contribution < 1.29 is 19.2 Å². The largest absolute Gasteiger partial charge is 0.493 e. The topological polar surface area (TPSA) is 78.7 Å². The van der Waals surface area contributed by atoms with E-state index in [0.717, 1.165) is 0 Å². The molecule has 0 saturated carbocycles. The minimum absolute atomic E-state index is 0.0357. The van der Waals surface area contributed by atoms with Crippen LogP contribution in [0.5, 0.6) is 11.5 Å². The van der Waals surface area contributed by atoms with Crippen molar-refractivity contribution in [3.8, 4) is 11.5 Å². The van der Waals surface area contributed by atoms with E-state index < -0.39 is 4.92 Å².